The molecule has 0 radical (unpaired) electrons. The zero-order chi connectivity index (χ0) is 14.6. The number of aromatic nitrogens is 1. The molecule has 1 amide bonds. The molecule has 1 aromatic rings. The largest absolute Gasteiger partial charge is 0.383 e. The third-order valence-corrected chi connectivity index (χ3v) is 3.40. The van der Waals surface area contributed by atoms with Gasteiger partial charge >= 0.3 is 0 Å². The Morgan fingerprint density at radius 1 is 1.15 bits per heavy atom. The Hall–Kier alpha value is -1.58. The monoisotopic (exact) mass is 277 g/mol. The van der Waals surface area contributed by atoms with E-state index < -0.39 is 0 Å². The summed E-state index contributed by atoms with van der Waals surface area (Å²) in [7, 11) is 0. The second kappa shape index (κ2) is 10.2. The molecule has 0 saturated carbocycles. The van der Waals surface area contributed by atoms with E-state index in [-0.39, 0.29) is 5.91 Å². The molecule has 1 rings (SSSR count). The molecule has 0 aliphatic rings. The fourth-order valence-corrected chi connectivity index (χ4v) is 2.17. The lowest BCUT2D eigenvalue weighted by Gasteiger charge is -2.06. The van der Waals surface area contributed by atoms with E-state index in [1.165, 1.54) is 44.9 Å². The van der Waals surface area contributed by atoms with Gasteiger partial charge in [-0.3, -0.25) is 4.79 Å². The van der Waals surface area contributed by atoms with Crippen LogP contribution in [0.2, 0.25) is 0 Å². The molecule has 0 aliphatic heterocycles. The van der Waals surface area contributed by atoms with Gasteiger partial charge in [-0.05, 0) is 18.6 Å². The Morgan fingerprint density at radius 3 is 2.45 bits per heavy atom. The van der Waals surface area contributed by atoms with E-state index in [1.54, 1.807) is 18.3 Å². The van der Waals surface area contributed by atoms with Crippen LogP contribution in [0.4, 0.5) is 5.82 Å². The number of hydrogen-bond acceptors (Lipinski definition) is 3. The summed E-state index contributed by atoms with van der Waals surface area (Å²) in [5, 5.41) is 2.89. The summed E-state index contributed by atoms with van der Waals surface area (Å²) in [5.41, 5.74) is 6.12. The molecule has 4 heteroatoms. The van der Waals surface area contributed by atoms with Gasteiger partial charge in [-0.1, -0.05) is 51.9 Å². The van der Waals surface area contributed by atoms with Crippen LogP contribution in [0, 0.1) is 0 Å². The van der Waals surface area contributed by atoms with Crippen LogP contribution in [-0.4, -0.2) is 17.4 Å². The number of nitrogen functional groups attached to an aromatic ring is 1. The van der Waals surface area contributed by atoms with Crippen molar-refractivity contribution >= 4 is 11.7 Å². The van der Waals surface area contributed by atoms with E-state index >= 15 is 0 Å². The zero-order valence-electron chi connectivity index (χ0n) is 12.5. The van der Waals surface area contributed by atoms with Crippen molar-refractivity contribution in [1.82, 2.24) is 10.3 Å². The molecule has 0 spiro atoms. The zero-order valence-corrected chi connectivity index (χ0v) is 12.5. The summed E-state index contributed by atoms with van der Waals surface area (Å²) in [4.78, 5) is 15.8. The molecule has 0 unspecified atom stereocenters. The SMILES string of the molecule is CCCCCCCCCCNC(=O)c1cccnc1N. The summed E-state index contributed by atoms with van der Waals surface area (Å²) in [5.74, 6) is 0.166. The van der Waals surface area contributed by atoms with Crippen LogP contribution in [0.3, 0.4) is 0 Å². The predicted octanol–water partition coefficient (Wildman–Crippen LogP) is 3.53. The maximum Gasteiger partial charge on any atom is 0.255 e. The maximum atomic E-state index is 11.8. The number of nitrogens with one attached hydrogen (secondary N) is 1. The number of pyridine rings is 1. The highest BCUT2D eigenvalue weighted by atomic mass is 16.1. The first-order valence-electron chi connectivity index (χ1n) is 7.74. The van der Waals surface area contributed by atoms with Crippen LogP contribution in [0.5, 0.6) is 0 Å². The van der Waals surface area contributed by atoms with Crippen LogP contribution in [0.1, 0.15) is 68.6 Å². The second-order valence-electron chi connectivity index (χ2n) is 5.17. The fraction of sp³-hybridized carbons (Fsp3) is 0.625. The van der Waals surface area contributed by atoms with Crippen molar-refractivity contribution in [3.63, 3.8) is 0 Å². The van der Waals surface area contributed by atoms with Gasteiger partial charge in [-0.25, -0.2) is 4.98 Å². The molecule has 0 atom stereocenters. The Bertz CT molecular complexity index is 393. The first-order valence-corrected chi connectivity index (χ1v) is 7.74. The Labute approximate surface area is 122 Å². The summed E-state index contributed by atoms with van der Waals surface area (Å²) in [6.45, 7) is 2.94. The Kier molecular flexibility index (Phi) is 8.43. The normalized spacial score (nSPS) is 10.4. The number of amides is 1. The van der Waals surface area contributed by atoms with Crippen molar-refractivity contribution in [2.75, 3.05) is 12.3 Å². The van der Waals surface area contributed by atoms with Gasteiger partial charge in [0.25, 0.3) is 5.91 Å². The van der Waals surface area contributed by atoms with Crippen molar-refractivity contribution < 1.29 is 4.79 Å². The molecule has 1 heterocycles. The van der Waals surface area contributed by atoms with Crippen LogP contribution in [-0.2, 0) is 0 Å². The van der Waals surface area contributed by atoms with Crippen LogP contribution in [0.15, 0.2) is 18.3 Å². The van der Waals surface area contributed by atoms with Crippen molar-refractivity contribution in [3.8, 4) is 0 Å². The van der Waals surface area contributed by atoms with E-state index in [4.69, 9.17) is 5.73 Å². The van der Waals surface area contributed by atoms with E-state index in [0.717, 1.165) is 6.42 Å². The molecule has 0 aromatic carbocycles. The molecular formula is C16H27N3O. The van der Waals surface area contributed by atoms with Crippen molar-refractivity contribution in [3.05, 3.63) is 23.9 Å². The van der Waals surface area contributed by atoms with Gasteiger partial charge in [0.1, 0.15) is 5.82 Å². The summed E-state index contributed by atoms with van der Waals surface area (Å²) < 4.78 is 0. The molecule has 20 heavy (non-hydrogen) atoms. The second-order valence-corrected chi connectivity index (χ2v) is 5.17. The van der Waals surface area contributed by atoms with E-state index in [2.05, 4.69) is 17.2 Å². The number of hydrogen-bond donors (Lipinski definition) is 2. The maximum absolute atomic E-state index is 11.8. The quantitative estimate of drug-likeness (QED) is 0.643. The predicted molar refractivity (Wildman–Crippen MR) is 83.6 cm³/mol. The van der Waals surface area contributed by atoms with Crippen LogP contribution in [0.25, 0.3) is 0 Å². The summed E-state index contributed by atoms with van der Waals surface area (Å²) in [6.07, 6.45) is 11.7. The lowest BCUT2D eigenvalue weighted by molar-refractivity contribution is 0.0953. The first kappa shape index (κ1) is 16.5. The number of nitrogens with zero attached hydrogens (tertiary/aromatic N) is 1. The lowest BCUT2D eigenvalue weighted by Crippen LogP contribution is -2.25. The van der Waals surface area contributed by atoms with Gasteiger partial charge in [0.15, 0.2) is 0 Å². The van der Waals surface area contributed by atoms with E-state index in [0.29, 0.717) is 17.9 Å². The highest BCUT2D eigenvalue weighted by Gasteiger charge is 2.08. The van der Waals surface area contributed by atoms with E-state index in [9.17, 15) is 4.79 Å². The molecule has 112 valence electrons. The van der Waals surface area contributed by atoms with Gasteiger partial charge in [0.05, 0.1) is 5.56 Å². The van der Waals surface area contributed by atoms with Gasteiger partial charge in [-0.15, -0.1) is 0 Å². The average molecular weight is 277 g/mol. The smallest absolute Gasteiger partial charge is 0.255 e. The van der Waals surface area contributed by atoms with E-state index in [1.807, 2.05) is 0 Å². The molecular weight excluding hydrogens is 250 g/mol. The minimum Gasteiger partial charge on any atom is -0.383 e. The molecule has 0 saturated heterocycles. The molecule has 4 nitrogen and oxygen atoms in total. The average Bonchev–Trinajstić information content (AvgIpc) is 2.46. The standard InChI is InChI=1S/C16H27N3O/c1-2-3-4-5-6-7-8-9-12-19-16(20)14-11-10-13-18-15(14)17/h10-11,13H,2-9,12H2,1H3,(H2,17,18)(H,19,20). The Balaban J connectivity index is 2.04. The van der Waals surface area contributed by atoms with Crippen molar-refractivity contribution in [2.45, 2.75) is 58.3 Å². The van der Waals surface area contributed by atoms with Crippen LogP contribution < -0.4 is 11.1 Å². The third kappa shape index (κ3) is 6.55. The third-order valence-electron chi connectivity index (χ3n) is 3.40. The minimum absolute atomic E-state index is 0.126. The van der Waals surface area contributed by atoms with Gasteiger partial charge in [-0.2, -0.15) is 0 Å². The Morgan fingerprint density at radius 2 is 1.80 bits per heavy atom. The number of rotatable bonds is 10. The number of unbranched alkanes of at least 4 members (excludes halogenated alkanes) is 7. The lowest BCUT2D eigenvalue weighted by atomic mass is 10.1. The van der Waals surface area contributed by atoms with Crippen molar-refractivity contribution in [1.29, 1.82) is 0 Å². The molecule has 0 aliphatic carbocycles. The molecule has 0 fully saturated rings. The summed E-state index contributed by atoms with van der Waals surface area (Å²) in [6, 6.07) is 3.42. The van der Waals surface area contributed by atoms with Crippen LogP contribution >= 0.6 is 0 Å². The highest BCUT2D eigenvalue weighted by molar-refractivity contribution is 5.98. The number of nitrogens with two attached hydrogens (primary N) is 1. The molecule has 0 bridgehead atoms. The molecule has 1 aromatic heterocycles. The fourth-order valence-electron chi connectivity index (χ4n) is 2.17. The number of carbonyl (C=O) groups excluding carboxylic acids is 1. The van der Waals surface area contributed by atoms with Gasteiger partial charge in [0, 0.05) is 12.7 Å². The van der Waals surface area contributed by atoms with Crippen molar-refractivity contribution in [2.24, 2.45) is 0 Å². The number of anilines is 1. The number of carbonyl (C=O) groups is 1. The molecule has 3 N–H and O–H groups in total. The minimum atomic E-state index is -0.126. The summed E-state index contributed by atoms with van der Waals surface area (Å²) >= 11 is 0. The van der Waals surface area contributed by atoms with Gasteiger partial charge < -0.3 is 11.1 Å². The highest BCUT2D eigenvalue weighted by Crippen LogP contribution is 2.09. The first-order chi connectivity index (χ1) is 9.75. The van der Waals surface area contributed by atoms with Gasteiger partial charge in [0.2, 0.25) is 0 Å². The topological polar surface area (TPSA) is 68.0 Å².